The number of nitrogens with one attached hydrogen (secondary N) is 1. The van der Waals surface area contributed by atoms with Crippen molar-refractivity contribution in [2.24, 2.45) is 0 Å². The van der Waals surface area contributed by atoms with E-state index in [-0.39, 0.29) is 11.7 Å². The van der Waals surface area contributed by atoms with E-state index < -0.39 is 0 Å². The van der Waals surface area contributed by atoms with Gasteiger partial charge < -0.3 is 9.88 Å². The quantitative estimate of drug-likeness (QED) is 0.834. The van der Waals surface area contributed by atoms with E-state index in [1.165, 1.54) is 11.8 Å². The Morgan fingerprint density at radius 1 is 1.45 bits per heavy atom. The maximum absolute atomic E-state index is 11.8. The van der Waals surface area contributed by atoms with Gasteiger partial charge in [-0.15, -0.1) is 10.2 Å². The van der Waals surface area contributed by atoms with Gasteiger partial charge in [0.05, 0.1) is 5.75 Å². The molecule has 0 saturated heterocycles. The third-order valence-corrected chi connectivity index (χ3v) is 3.98. The van der Waals surface area contributed by atoms with Crippen LogP contribution in [0.1, 0.15) is 12.7 Å². The molecule has 0 saturated carbocycles. The van der Waals surface area contributed by atoms with Gasteiger partial charge in [0, 0.05) is 17.2 Å². The van der Waals surface area contributed by atoms with Crippen LogP contribution in [0.3, 0.4) is 0 Å². The second-order valence-electron chi connectivity index (χ2n) is 3.97. The highest BCUT2D eigenvalue weighted by atomic mass is 79.9. The van der Waals surface area contributed by atoms with Crippen LogP contribution in [0.25, 0.3) is 0 Å². The van der Waals surface area contributed by atoms with Crippen LogP contribution in [0.2, 0.25) is 0 Å². The largest absolute Gasteiger partial charge is 0.310 e. The molecule has 0 aliphatic heterocycles. The minimum Gasteiger partial charge on any atom is -0.310 e. The molecule has 0 bridgehead atoms. The highest BCUT2D eigenvalue weighted by Crippen LogP contribution is 2.17. The highest BCUT2D eigenvalue weighted by molar-refractivity contribution is 9.10. The van der Waals surface area contributed by atoms with Crippen molar-refractivity contribution in [1.29, 1.82) is 0 Å². The van der Waals surface area contributed by atoms with Gasteiger partial charge in [-0.05, 0) is 41.9 Å². The van der Waals surface area contributed by atoms with E-state index in [2.05, 4.69) is 36.4 Å². The first kappa shape index (κ1) is 15.0. The molecule has 0 atom stereocenters. The number of hydrogen-bond donors (Lipinski definition) is 1. The molecule has 2 heterocycles. The topological polar surface area (TPSA) is 72.7 Å². The molecule has 0 radical (unpaired) electrons. The molecule has 8 heteroatoms. The predicted octanol–water partition coefficient (Wildman–Crippen LogP) is 2.49. The van der Waals surface area contributed by atoms with E-state index in [1.807, 2.05) is 24.5 Å². The van der Waals surface area contributed by atoms with Gasteiger partial charge in [-0.2, -0.15) is 0 Å². The number of rotatable bonds is 5. The van der Waals surface area contributed by atoms with E-state index in [9.17, 15) is 4.79 Å². The van der Waals surface area contributed by atoms with E-state index in [0.29, 0.717) is 5.82 Å². The van der Waals surface area contributed by atoms with Gasteiger partial charge in [0.25, 0.3) is 0 Å². The summed E-state index contributed by atoms with van der Waals surface area (Å²) in [4.78, 5) is 15.9. The van der Waals surface area contributed by atoms with Crippen LogP contribution in [-0.4, -0.2) is 31.4 Å². The molecule has 0 spiro atoms. The standard InChI is InChI=1S/C12H14BrN5OS/c1-3-18-8(2)16-17-12(18)20-7-11(19)15-10-5-4-9(13)6-14-10/h4-6H,3,7H2,1-2H3,(H,14,15,19). The lowest BCUT2D eigenvalue weighted by molar-refractivity contribution is -0.113. The third kappa shape index (κ3) is 3.80. The summed E-state index contributed by atoms with van der Waals surface area (Å²) in [5, 5.41) is 11.5. The molecule has 0 aromatic carbocycles. The maximum atomic E-state index is 11.8. The van der Waals surface area contributed by atoms with E-state index in [0.717, 1.165) is 22.0 Å². The summed E-state index contributed by atoms with van der Waals surface area (Å²) < 4.78 is 2.84. The Labute approximate surface area is 129 Å². The number of aryl methyl sites for hydroxylation is 1. The summed E-state index contributed by atoms with van der Waals surface area (Å²) in [6.07, 6.45) is 1.64. The van der Waals surface area contributed by atoms with Crippen molar-refractivity contribution in [3.05, 3.63) is 28.6 Å². The Bertz CT molecular complexity index is 598. The van der Waals surface area contributed by atoms with E-state index in [4.69, 9.17) is 0 Å². The molecule has 2 aromatic heterocycles. The number of thioether (sulfide) groups is 1. The van der Waals surface area contributed by atoms with Gasteiger partial charge in [-0.1, -0.05) is 11.8 Å². The average Bonchev–Trinajstić information content (AvgIpc) is 2.79. The van der Waals surface area contributed by atoms with Crippen LogP contribution in [0.15, 0.2) is 28.0 Å². The van der Waals surface area contributed by atoms with Crippen molar-refractivity contribution < 1.29 is 4.79 Å². The number of aromatic nitrogens is 4. The van der Waals surface area contributed by atoms with Gasteiger partial charge in [0.1, 0.15) is 11.6 Å². The van der Waals surface area contributed by atoms with Crippen LogP contribution >= 0.6 is 27.7 Å². The Morgan fingerprint density at radius 3 is 2.90 bits per heavy atom. The van der Waals surface area contributed by atoms with Gasteiger partial charge in [-0.3, -0.25) is 4.79 Å². The van der Waals surface area contributed by atoms with Crippen LogP contribution < -0.4 is 5.32 Å². The van der Waals surface area contributed by atoms with Crippen LogP contribution in [0.4, 0.5) is 5.82 Å². The predicted molar refractivity (Wildman–Crippen MR) is 81.7 cm³/mol. The highest BCUT2D eigenvalue weighted by Gasteiger charge is 2.10. The van der Waals surface area contributed by atoms with Crippen molar-refractivity contribution in [2.45, 2.75) is 25.5 Å². The minimum absolute atomic E-state index is 0.117. The number of halogens is 1. The van der Waals surface area contributed by atoms with Crippen molar-refractivity contribution in [3.8, 4) is 0 Å². The van der Waals surface area contributed by atoms with Gasteiger partial charge >= 0.3 is 0 Å². The number of anilines is 1. The zero-order chi connectivity index (χ0) is 14.5. The van der Waals surface area contributed by atoms with Gasteiger partial charge in [0.15, 0.2) is 5.16 Å². The number of nitrogens with zero attached hydrogens (tertiary/aromatic N) is 4. The normalized spacial score (nSPS) is 10.6. The Morgan fingerprint density at radius 2 is 2.25 bits per heavy atom. The molecule has 6 nitrogen and oxygen atoms in total. The summed E-state index contributed by atoms with van der Waals surface area (Å²) in [7, 11) is 0. The molecule has 1 amide bonds. The van der Waals surface area contributed by atoms with Crippen molar-refractivity contribution >= 4 is 39.4 Å². The summed E-state index contributed by atoms with van der Waals surface area (Å²) in [6, 6.07) is 3.57. The Kier molecular flexibility index (Phi) is 5.13. The molecule has 2 rings (SSSR count). The van der Waals surface area contributed by atoms with Crippen molar-refractivity contribution in [1.82, 2.24) is 19.7 Å². The van der Waals surface area contributed by atoms with E-state index >= 15 is 0 Å². The number of pyridine rings is 1. The summed E-state index contributed by atoms with van der Waals surface area (Å²) in [5.74, 6) is 1.54. The summed E-state index contributed by atoms with van der Waals surface area (Å²) in [5.41, 5.74) is 0. The summed E-state index contributed by atoms with van der Waals surface area (Å²) >= 11 is 4.66. The molecular weight excluding hydrogens is 342 g/mol. The second kappa shape index (κ2) is 6.85. The van der Waals surface area contributed by atoms with Gasteiger partial charge in [0.2, 0.25) is 5.91 Å². The average molecular weight is 356 g/mol. The third-order valence-electron chi connectivity index (χ3n) is 2.55. The molecule has 2 aromatic rings. The monoisotopic (exact) mass is 355 g/mol. The first-order valence-corrected chi connectivity index (χ1v) is 7.82. The molecule has 0 aliphatic carbocycles. The van der Waals surface area contributed by atoms with Crippen LogP contribution in [0.5, 0.6) is 0 Å². The summed E-state index contributed by atoms with van der Waals surface area (Å²) in [6.45, 7) is 4.70. The maximum Gasteiger partial charge on any atom is 0.236 e. The Hall–Kier alpha value is -1.41. The fraction of sp³-hybridized carbons (Fsp3) is 0.333. The molecule has 0 aliphatic rings. The lowest BCUT2D eigenvalue weighted by Crippen LogP contribution is -2.15. The molecule has 0 unspecified atom stereocenters. The zero-order valence-electron chi connectivity index (χ0n) is 11.1. The molecule has 106 valence electrons. The number of carbonyl (C=O) groups is 1. The first-order valence-electron chi connectivity index (χ1n) is 6.04. The smallest absolute Gasteiger partial charge is 0.236 e. The molecule has 0 fully saturated rings. The first-order chi connectivity index (χ1) is 9.60. The fourth-order valence-corrected chi connectivity index (χ4v) is 2.67. The molecule has 1 N–H and O–H groups in total. The van der Waals surface area contributed by atoms with Crippen molar-refractivity contribution in [2.75, 3.05) is 11.1 Å². The van der Waals surface area contributed by atoms with Crippen LogP contribution in [-0.2, 0) is 11.3 Å². The lowest BCUT2D eigenvalue weighted by atomic mass is 10.4. The fourth-order valence-electron chi connectivity index (χ4n) is 1.59. The van der Waals surface area contributed by atoms with Gasteiger partial charge in [-0.25, -0.2) is 4.98 Å². The minimum atomic E-state index is -0.117. The zero-order valence-corrected chi connectivity index (χ0v) is 13.5. The number of amides is 1. The van der Waals surface area contributed by atoms with E-state index in [1.54, 1.807) is 12.3 Å². The molecule has 20 heavy (non-hydrogen) atoms. The SMILES string of the molecule is CCn1c(C)nnc1SCC(=O)Nc1ccc(Br)cn1. The van der Waals surface area contributed by atoms with Crippen molar-refractivity contribution in [3.63, 3.8) is 0 Å². The van der Waals surface area contributed by atoms with Crippen LogP contribution in [0, 0.1) is 6.92 Å². The number of hydrogen-bond acceptors (Lipinski definition) is 5. The molecular formula is C12H14BrN5OS. The second-order valence-corrected chi connectivity index (χ2v) is 5.83. The number of carbonyl (C=O) groups excluding carboxylic acids is 1. The lowest BCUT2D eigenvalue weighted by Gasteiger charge is -2.05. The Balaban J connectivity index is 1.90.